The van der Waals surface area contributed by atoms with Gasteiger partial charge in [0.2, 0.25) is 0 Å². The number of nitrogens with one attached hydrogen (secondary N) is 1. The van der Waals surface area contributed by atoms with Gasteiger partial charge >= 0.3 is 5.97 Å². The zero-order valence-corrected chi connectivity index (χ0v) is 11.0. The van der Waals surface area contributed by atoms with E-state index in [1.165, 1.54) is 25.3 Å². The molecule has 6 heteroatoms. The Labute approximate surface area is 111 Å². The van der Waals surface area contributed by atoms with Crippen LogP contribution < -0.4 is 10.1 Å². The smallest absolute Gasteiger partial charge is 0.308 e. The number of aliphatic hydroxyl groups excluding tert-OH is 1. The lowest BCUT2D eigenvalue weighted by atomic mass is 10.2. The quantitative estimate of drug-likeness (QED) is 0.737. The Morgan fingerprint density at radius 2 is 2.26 bits per heavy atom. The summed E-state index contributed by atoms with van der Waals surface area (Å²) in [4.78, 5) is 11.1. The summed E-state index contributed by atoms with van der Waals surface area (Å²) in [6.45, 7) is 2.00. The van der Waals surface area contributed by atoms with E-state index in [4.69, 9.17) is 9.47 Å². The van der Waals surface area contributed by atoms with E-state index in [9.17, 15) is 14.3 Å². The molecule has 0 radical (unpaired) electrons. The molecule has 1 aromatic rings. The third kappa shape index (κ3) is 5.13. The van der Waals surface area contributed by atoms with Crippen molar-refractivity contribution in [2.24, 2.45) is 0 Å². The average Bonchev–Trinajstić information content (AvgIpc) is 2.38. The highest BCUT2D eigenvalue weighted by atomic mass is 19.1. The van der Waals surface area contributed by atoms with Crippen molar-refractivity contribution in [3.8, 4) is 5.75 Å². The number of halogens is 1. The zero-order valence-electron chi connectivity index (χ0n) is 11.0. The lowest BCUT2D eigenvalue weighted by molar-refractivity contribution is -0.145. The number of aliphatic hydroxyl groups is 1. The number of ether oxygens (including phenoxy) is 2. The Balaban J connectivity index is 2.49. The Hall–Kier alpha value is -1.82. The maximum atomic E-state index is 13.4. The van der Waals surface area contributed by atoms with Gasteiger partial charge in [-0.3, -0.25) is 4.79 Å². The Kier molecular flexibility index (Phi) is 6.08. The largest absolute Gasteiger partial charge is 0.497 e. The van der Waals surface area contributed by atoms with Crippen LogP contribution in [0.3, 0.4) is 0 Å². The predicted octanol–water partition coefficient (Wildman–Crippen LogP) is 1.56. The summed E-state index contributed by atoms with van der Waals surface area (Å²) in [5.41, 5.74) is 0.210. The number of rotatable bonds is 7. The summed E-state index contributed by atoms with van der Waals surface area (Å²) in [5, 5.41) is 12.3. The maximum absolute atomic E-state index is 13.4. The van der Waals surface area contributed by atoms with Gasteiger partial charge in [0.05, 0.1) is 31.9 Å². The summed E-state index contributed by atoms with van der Waals surface area (Å²) >= 11 is 0. The molecular formula is C13H18FNO4. The minimum absolute atomic E-state index is 0.0445. The fourth-order valence-corrected chi connectivity index (χ4v) is 1.48. The number of carbonyl (C=O) groups is 1. The molecule has 2 N–H and O–H groups in total. The number of esters is 1. The van der Waals surface area contributed by atoms with Crippen molar-refractivity contribution in [3.63, 3.8) is 0 Å². The van der Waals surface area contributed by atoms with Crippen molar-refractivity contribution in [1.29, 1.82) is 0 Å². The zero-order chi connectivity index (χ0) is 14.3. The number of anilines is 1. The molecule has 1 unspecified atom stereocenters. The number of benzene rings is 1. The molecular weight excluding hydrogens is 253 g/mol. The second-order valence-corrected chi connectivity index (χ2v) is 3.89. The monoisotopic (exact) mass is 271 g/mol. The Morgan fingerprint density at radius 3 is 2.89 bits per heavy atom. The third-order valence-corrected chi connectivity index (χ3v) is 2.41. The summed E-state index contributed by atoms with van der Waals surface area (Å²) < 4.78 is 23.1. The molecule has 0 fully saturated rings. The molecule has 0 spiro atoms. The van der Waals surface area contributed by atoms with E-state index in [0.29, 0.717) is 5.75 Å². The van der Waals surface area contributed by atoms with Gasteiger partial charge in [0, 0.05) is 12.6 Å². The number of carbonyl (C=O) groups excluding carboxylic acids is 1. The molecule has 0 aliphatic heterocycles. The van der Waals surface area contributed by atoms with Gasteiger partial charge in [0.25, 0.3) is 0 Å². The fourth-order valence-electron chi connectivity index (χ4n) is 1.48. The molecule has 0 aliphatic rings. The number of hydrogen-bond acceptors (Lipinski definition) is 5. The van der Waals surface area contributed by atoms with Crippen molar-refractivity contribution < 1.29 is 23.8 Å². The molecule has 0 aliphatic carbocycles. The van der Waals surface area contributed by atoms with Crippen molar-refractivity contribution >= 4 is 11.7 Å². The molecule has 0 heterocycles. The maximum Gasteiger partial charge on any atom is 0.308 e. The van der Waals surface area contributed by atoms with E-state index in [1.54, 1.807) is 6.92 Å². The van der Waals surface area contributed by atoms with E-state index in [1.807, 2.05) is 0 Å². The first-order valence-corrected chi connectivity index (χ1v) is 5.98. The van der Waals surface area contributed by atoms with Crippen LogP contribution in [0.1, 0.15) is 13.3 Å². The minimum Gasteiger partial charge on any atom is -0.497 e. The lowest BCUT2D eigenvalue weighted by Gasteiger charge is -2.13. The minimum atomic E-state index is -0.940. The molecule has 5 nitrogen and oxygen atoms in total. The topological polar surface area (TPSA) is 67.8 Å². The fraction of sp³-hybridized carbons (Fsp3) is 0.462. The summed E-state index contributed by atoms with van der Waals surface area (Å²) in [6.07, 6.45) is -1.07. The van der Waals surface area contributed by atoms with E-state index in [2.05, 4.69) is 5.32 Å². The van der Waals surface area contributed by atoms with Crippen LogP contribution in [-0.4, -0.2) is 37.4 Å². The Bertz CT molecular complexity index is 425. The first kappa shape index (κ1) is 15.2. The summed E-state index contributed by atoms with van der Waals surface area (Å²) in [5.74, 6) is -0.434. The molecule has 0 aromatic heterocycles. The van der Waals surface area contributed by atoms with Crippen molar-refractivity contribution in [3.05, 3.63) is 24.0 Å². The van der Waals surface area contributed by atoms with Crippen LogP contribution in [0.15, 0.2) is 18.2 Å². The molecule has 0 saturated heterocycles. The van der Waals surface area contributed by atoms with Crippen LogP contribution in [0.5, 0.6) is 5.75 Å². The normalized spacial score (nSPS) is 11.8. The molecule has 19 heavy (non-hydrogen) atoms. The van der Waals surface area contributed by atoms with E-state index < -0.39 is 17.9 Å². The van der Waals surface area contributed by atoms with Crippen LogP contribution in [0.4, 0.5) is 10.1 Å². The van der Waals surface area contributed by atoms with Crippen molar-refractivity contribution in [2.75, 3.05) is 25.6 Å². The highest BCUT2D eigenvalue weighted by Gasteiger charge is 2.12. The van der Waals surface area contributed by atoms with Gasteiger partial charge in [-0.05, 0) is 19.1 Å². The van der Waals surface area contributed by atoms with E-state index in [0.717, 1.165) is 0 Å². The van der Waals surface area contributed by atoms with E-state index >= 15 is 0 Å². The first-order valence-electron chi connectivity index (χ1n) is 5.98. The van der Waals surface area contributed by atoms with Gasteiger partial charge in [-0.1, -0.05) is 0 Å². The first-order chi connectivity index (χ1) is 9.06. The average molecular weight is 271 g/mol. The van der Waals surface area contributed by atoms with E-state index in [-0.39, 0.29) is 25.3 Å². The van der Waals surface area contributed by atoms with Gasteiger partial charge in [-0.25, -0.2) is 4.39 Å². The summed E-state index contributed by atoms with van der Waals surface area (Å²) in [7, 11) is 1.48. The SMILES string of the molecule is CCOC(=O)CC(O)CNc1cc(OC)ccc1F. The van der Waals surface area contributed by atoms with Crippen LogP contribution in [0, 0.1) is 5.82 Å². The van der Waals surface area contributed by atoms with Crippen molar-refractivity contribution in [1.82, 2.24) is 0 Å². The summed E-state index contributed by atoms with van der Waals surface area (Å²) in [6, 6.07) is 4.24. The molecule has 1 aromatic carbocycles. The van der Waals surface area contributed by atoms with Gasteiger partial charge < -0.3 is 19.9 Å². The molecule has 1 rings (SSSR count). The highest BCUT2D eigenvalue weighted by Crippen LogP contribution is 2.21. The number of hydrogen-bond donors (Lipinski definition) is 2. The van der Waals surface area contributed by atoms with Crippen LogP contribution in [0.25, 0.3) is 0 Å². The Morgan fingerprint density at radius 1 is 1.53 bits per heavy atom. The predicted molar refractivity (Wildman–Crippen MR) is 68.7 cm³/mol. The van der Waals surface area contributed by atoms with Crippen molar-refractivity contribution in [2.45, 2.75) is 19.4 Å². The van der Waals surface area contributed by atoms with Gasteiger partial charge in [-0.2, -0.15) is 0 Å². The second-order valence-electron chi connectivity index (χ2n) is 3.89. The van der Waals surface area contributed by atoms with Crippen LogP contribution >= 0.6 is 0 Å². The third-order valence-electron chi connectivity index (χ3n) is 2.41. The molecule has 0 amide bonds. The van der Waals surface area contributed by atoms with Crippen LogP contribution in [-0.2, 0) is 9.53 Å². The van der Waals surface area contributed by atoms with Gasteiger partial charge in [-0.15, -0.1) is 0 Å². The lowest BCUT2D eigenvalue weighted by Crippen LogP contribution is -2.24. The highest BCUT2D eigenvalue weighted by molar-refractivity contribution is 5.70. The molecule has 0 bridgehead atoms. The number of methoxy groups -OCH3 is 1. The van der Waals surface area contributed by atoms with Gasteiger partial charge in [0.1, 0.15) is 11.6 Å². The van der Waals surface area contributed by atoms with Crippen LogP contribution in [0.2, 0.25) is 0 Å². The molecule has 1 atom stereocenters. The van der Waals surface area contributed by atoms with Gasteiger partial charge in [0.15, 0.2) is 0 Å². The second kappa shape index (κ2) is 7.58. The molecule has 106 valence electrons. The standard InChI is InChI=1S/C13H18FNO4/c1-3-19-13(17)6-9(16)8-15-12-7-10(18-2)4-5-11(12)14/h4-5,7,9,15-16H,3,6,8H2,1-2H3. The molecule has 0 saturated carbocycles.